The number of carbonyl (C=O) groups is 2. The molecule has 0 radical (unpaired) electrons. The lowest BCUT2D eigenvalue weighted by atomic mass is 10.1. The molecule has 1 atom stereocenters. The summed E-state index contributed by atoms with van der Waals surface area (Å²) < 4.78 is 28.6. The first-order valence-electron chi connectivity index (χ1n) is 11.0. The Kier molecular flexibility index (Phi) is 6.97. The van der Waals surface area contributed by atoms with E-state index < -0.39 is 44.9 Å². The summed E-state index contributed by atoms with van der Waals surface area (Å²) in [6.07, 6.45) is 3.37. The molecule has 0 saturated heterocycles. The van der Waals surface area contributed by atoms with Crippen molar-refractivity contribution in [2.75, 3.05) is 16.2 Å². The quantitative estimate of drug-likeness (QED) is 0.350. The van der Waals surface area contributed by atoms with E-state index in [9.17, 15) is 28.1 Å². The Morgan fingerprint density at radius 3 is 2.61 bits per heavy atom. The standard InChI is InChI=1S/C24H23N5O6S/c1-16-6-7-18(29(32)33)14-22(16)36(34,35)28-20-5-3-2-4-19(20)27-24(31)21(28)15-23(30)26-13-10-17-8-11-25-12-9-17/h2-9,11-12,14,21H,10,13,15H2,1H3,(H,26,30)(H,27,31). The fraction of sp³-hybridized carbons (Fsp3) is 0.208. The summed E-state index contributed by atoms with van der Waals surface area (Å²) in [7, 11) is -4.47. The average Bonchev–Trinajstić information content (AvgIpc) is 2.85. The molecule has 1 aliphatic rings. The SMILES string of the molecule is Cc1ccc([N+](=O)[O-])cc1S(=O)(=O)N1c2ccccc2NC(=O)C1CC(=O)NCCc1ccncc1. The van der Waals surface area contributed by atoms with Crippen molar-refractivity contribution in [3.05, 3.63) is 88.2 Å². The van der Waals surface area contributed by atoms with Gasteiger partial charge in [-0.05, 0) is 48.7 Å². The molecule has 0 fully saturated rings. The molecule has 36 heavy (non-hydrogen) atoms. The number of nitrogens with one attached hydrogen (secondary N) is 2. The van der Waals surface area contributed by atoms with Crippen molar-refractivity contribution < 1.29 is 22.9 Å². The number of aryl methyl sites for hydroxylation is 1. The highest BCUT2D eigenvalue weighted by molar-refractivity contribution is 7.93. The number of benzene rings is 2. The summed E-state index contributed by atoms with van der Waals surface area (Å²) in [5.41, 5.74) is 1.24. The Morgan fingerprint density at radius 2 is 1.89 bits per heavy atom. The molecule has 4 rings (SSSR count). The molecule has 0 spiro atoms. The maximum atomic E-state index is 13.9. The van der Waals surface area contributed by atoms with Crippen LogP contribution in [0.3, 0.4) is 0 Å². The second-order valence-corrected chi connectivity index (χ2v) is 9.97. The third kappa shape index (κ3) is 5.03. The van der Waals surface area contributed by atoms with E-state index in [1.165, 1.54) is 25.1 Å². The zero-order valence-electron chi connectivity index (χ0n) is 19.2. The first-order valence-corrected chi connectivity index (χ1v) is 12.5. The molecule has 3 aromatic rings. The van der Waals surface area contributed by atoms with Gasteiger partial charge in [0.1, 0.15) is 6.04 Å². The van der Waals surface area contributed by atoms with Gasteiger partial charge in [0.2, 0.25) is 11.8 Å². The molecule has 11 nitrogen and oxygen atoms in total. The molecule has 0 bridgehead atoms. The van der Waals surface area contributed by atoms with Gasteiger partial charge in [-0.3, -0.25) is 29.0 Å². The summed E-state index contributed by atoms with van der Waals surface area (Å²) in [6, 6.07) is 12.0. The number of hydrogen-bond acceptors (Lipinski definition) is 7. The van der Waals surface area contributed by atoms with Gasteiger partial charge in [0.25, 0.3) is 15.7 Å². The van der Waals surface area contributed by atoms with E-state index >= 15 is 0 Å². The Balaban J connectivity index is 1.66. The molecular formula is C24H23N5O6S. The number of fused-ring (bicyclic) bond motifs is 1. The Labute approximate surface area is 207 Å². The largest absolute Gasteiger partial charge is 0.356 e. The van der Waals surface area contributed by atoms with Crippen LogP contribution in [0.5, 0.6) is 0 Å². The number of pyridine rings is 1. The number of nitro benzene ring substituents is 1. The van der Waals surface area contributed by atoms with Crippen LogP contribution in [0.1, 0.15) is 17.5 Å². The number of nitro groups is 1. The Hall–Kier alpha value is -4.32. The van der Waals surface area contributed by atoms with Crippen LogP contribution in [0.25, 0.3) is 0 Å². The van der Waals surface area contributed by atoms with Crippen molar-refractivity contribution in [3.63, 3.8) is 0 Å². The maximum Gasteiger partial charge on any atom is 0.270 e. The van der Waals surface area contributed by atoms with Crippen LogP contribution < -0.4 is 14.9 Å². The Morgan fingerprint density at radius 1 is 1.17 bits per heavy atom. The molecule has 2 N–H and O–H groups in total. The number of rotatable bonds is 8. The number of amides is 2. The van der Waals surface area contributed by atoms with Gasteiger partial charge in [0.15, 0.2) is 0 Å². The number of nitrogens with zero attached hydrogens (tertiary/aromatic N) is 3. The highest BCUT2D eigenvalue weighted by atomic mass is 32.2. The minimum Gasteiger partial charge on any atom is -0.356 e. The fourth-order valence-electron chi connectivity index (χ4n) is 3.96. The number of anilines is 2. The molecule has 12 heteroatoms. The van der Waals surface area contributed by atoms with Gasteiger partial charge in [-0.1, -0.05) is 18.2 Å². The highest BCUT2D eigenvalue weighted by Gasteiger charge is 2.42. The summed E-state index contributed by atoms with van der Waals surface area (Å²) in [4.78, 5) is 40.0. The molecule has 0 saturated carbocycles. The number of aromatic nitrogens is 1. The lowest BCUT2D eigenvalue weighted by molar-refractivity contribution is -0.385. The van der Waals surface area contributed by atoms with Crippen LogP contribution in [0.2, 0.25) is 0 Å². The van der Waals surface area contributed by atoms with Gasteiger partial charge in [-0.15, -0.1) is 0 Å². The second-order valence-electron chi connectivity index (χ2n) is 8.19. The predicted molar refractivity (Wildman–Crippen MR) is 132 cm³/mol. The number of para-hydroxylation sites is 2. The molecule has 186 valence electrons. The van der Waals surface area contributed by atoms with Crippen LogP contribution in [0, 0.1) is 17.0 Å². The van der Waals surface area contributed by atoms with Crippen molar-refractivity contribution >= 4 is 38.9 Å². The lowest BCUT2D eigenvalue weighted by Crippen LogP contribution is -2.52. The van der Waals surface area contributed by atoms with E-state index in [0.29, 0.717) is 6.42 Å². The smallest absolute Gasteiger partial charge is 0.270 e. The first kappa shape index (κ1) is 24.8. The van der Waals surface area contributed by atoms with Gasteiger partial charge in [0, 0.05) is 31.1 Å². The summed E-state index contributed by atoms with van der Waals surface area (Å²) >= 11 is 0. The third-order valence-corrected chi connectivity index (χ3v) is 7.73. The topological polar surface area (TPSA) is 152 Å². The van der Waals surface area contributed by atoms with Crippen LogP contribution in [-0.4, -0.2) is 42.7 Å². The number of carbonyl (C=O) groups excluding carboxylic acids is 2. The molecule has 2 heterocycles. The summed E-state index contributed by atoms with van der Waals surface area (Å²) in [5.74, 6) is -1.19. The molecule has 2 aromatic carbocycles. The van der Waals surface area contributed by atoms with Crippen LogP contribution in [0.15, 0.2) is 71.9 Å². The highest BCUT2D eigenvalue weighted by Crippen LogP contribution is 2.38. The van der Waals surface area contributed by atoms with Gasteiger partial charge in [0.05, 0.1) is 27.6 Å². The van der Waals surface area contributed by atoms with E-state index in [0.717, 1.165) is 15.9 Å². The fourth-order valence-corrected chi connectivity index (χ4v) is 5.84. The Bertz CT molecular complexity index is 1430. The van der Waals surface area contributed by atoms with Crippen molar-refractivity contribution in [1.29, 1.82) is 0 Å². The van der Waals surface area contributed by atoms with E-state index in [2.05, 4.69) is 15.6 Å². The van der Waals surface area contributed by atoms with Gasteiger partial charge < -0.3 is 10.6 Å². The molecule has 2 amide bonds. The van der Waals surface area contributed by atoms with Crippen LogP contribution in [-0.2, 0) is 26.0 Å². The predicted octanol–water partition coefficient (Wildman–Crippen LogP) is 2.56. The normalized spacial score (nSPS) is 15.1. The first-order chi connectivity index (χ1) is 17.2. The van der Waals surface area contributed by atoms with Gasteiger partial charge in [-0.2, -0.15) is 0 Å². The number of sulfonamides is 1. The van der Waals surface area contributed by atoms with E-state index in [4.69, 9.17) is 0 Å². The van der Waals surface area contributed by atoms with Crippen LogP contribution >= 0.6 is 0 Å². The maximum absolute atomic E-state index is 13.9. The van der Waals surface area contributed by atoms with Crippen molar-refractivity contribution in [2.45, 2.75) is 30.7 Å². The second kappa shape index (κ2) is 10.1. The minimum atomic E-state index is -4.47. The third-order valence-electron chi connectivity index (χ3n) is 5.77. The minimum absolute atomic E-state index is 0.164. The lowest BCUT2D eigenvalue weighted by Gasteiger charge is -2.37. The summed E-state index contributed by atoms with van der Waals surface area (Å²) in [5, 5.41) is 16.7. The van der Waals surface area contributed by atoms with Crippen molar-refractivity contribution in [1.82, 2.24) is 10.3 Å². The zero-order chi connectivity index (χ0) is 25.9. The van der Waals surface area contributed by atoms with Crippen LogP contribution in [0.4, 0.5) is 17.1 Å². The number of non-ortho nitro benzene ring substituents is 1. The monoisotopic (exact) mass is 509 g/mol. The molecule has 0 aliphatic carbocycles. The molecule has 1 unspecified atom stereocenters. The zero-order valence-corrected chi connectivity index (χ0v) is 20.1. The van der Waals surface area contributed by atoms with E-state index in [1.54, 1.807) is 30.6 Å². The van der Waals surface area contributed by atoms with Gasteiger partial charge in [-0.25, -0.2) is 8.42 Å². The summed E-state index contributed by atoms with van der Waals surface area (Å²) in [6.45, 7) is 1.79. The van der Waals surface area contributed by atoms with Crippen molar-refractivity contribution in [3.8, 4) is 0 Å². The average molecular weight is 510 g/mol. The number of hydrogen-bond donors (Lipinski definition) is 2. The molecule has 1 aliphatic heterocycles. The van der Waals surface area contributed by atoms with E-state index in [-0.39, 0.29) is 28.4 Å². The van der Waals surface area contributed by atoms with Gasteiger partial charge >= 0.3 is 0 Å². The van der Waals surface area contributed by atoms with Crippen molar-refractivity contribution in [2.24, 2.45) is 0 Å². The van der Waals surface area contributed by atoms with E-state index in [1.807, 2.05) is 12.1 Å². The molecule has 1 aromatic heterocycles. The molecular weight excluding hydrogens is 486 g/mol.